The van der Waals surface area contributed by atoms with Crippen LogP contribution in [0.15, 0.2) is 6.07 Å². The molecule has 0 spiro atoms. The van der Waals surface area contributed by atoms with E-state index in [4.69, 9.17) is 5.73 Å². The fourth-order valence-corrected chi connectivity index (χ4v) is 3.25. The smallest absolute Gasteiger partial charge is 0.263 e. The molecule has 1 heterocycles. The van der Waals surface area contributed by atoms with Gasteiger partial charge in [-0.3, -0.25) is 9.69 Å². The van der Waals surface area contributed by atoms with Gasteiger partial charge in [0.1, 0.15) is 4.88 Å². The van der Waals surface area contributed by atoms with E-state index < -0.39 is 0 Å². The topological polar surface area (TPSA) is 70.4 Å². The number of thiophene rings is 1. The molecule has 0 fully saturated rings. The van der Waals surface area contributed by atoms with Crippen LogP contribution in [0, 0.1) is 0 Å². The van der Waals surface area contributed by atoms with E-state index in [2.05, 4.69) is 43.2 Å². The van der Waals surface area contributed by atoms with Gasteiger partial charge in [-0.15, -0.1) is 11.3 Å². The minimum absolute atomic E-state index is 0.0981. The third-order valence-corrected chi connectivity index (χ3v) is 4.41. The Bertz CT molecular complexity index is 449. The quantitative estimate of drug-likeness (QED) is 0.690. The number of carbonyl (C=O) groups is 1. The molecule has 0 unspecified atom stereocenters. The lowest BCUT2D eigenvalue weighted by atomic mass is 10.2. The zero-order valence-corrected chi connectivity index (χ0v) is 14.5. The maximum absolute atomic E-state index is 11.8. The molecular formula is C15H28N4OS. The number of anilines is 2. The molecule has 0 radical (unpaired) electrons. The van der Waals surface area contributed by atoms with Crippen LogP contribution in [0.2, 0.25) is 0 Å². The molecule has 21 heavy (non-hydrogen) atoms. The zero-order chi connectivity index (χ0) is 16.0. The number of rotatable bonds is 8. The van der Waals surface area contributed by atoms with Gasteiger partial charge in [0.15, 0.2) is 0 Å². The van der Waals surface area contributed by atoms with Crippen molar-refractivity contribution in [3.8, 4) is 0 Å². The molecule has 5 nitrogen and oxygen atoms in total. The van der Waals surface area contributed by atoms with Crippen molar-refractivity contribution in [1.29, 1.82) is 0 Å². The lowest BCUT2D eigenvalue weighted by Crippen LogP contribution is -2.40. The number of hydrogen-bond donors (Lipinski definition) is 3. The Morgan fingerprint density at radius 1 is 1.33 bits per heavy atom. The van der Waals surface area contributed by atoms with Crippen LogP contribution < -0.4 is 16.4 Å². The molecular weight excluding hydrogens is 284 g/mol. The number of nitrogens with one attached hydrogen (secondary N) is 2. The number of nitrogen functional groups attached to an aromatic ring is 1. The summed E-state index contributed by atoms with van der Waals surface area (Å²) >= 11 is 1.41. The van der Waals surface area contributed by atoms with E-state index >= 15 is 0 Å². The maximum atomic E-state index is 11.8. The van der Waals surface area contributed by atoms with E-state index in [0.29, 0.717) is 29.2 Å². The largest absolute Gasteiger partial charge is 0.397 e. The molecule has 1 aromatic rings. The van der Waals surface area contributed by atoms with Gasteiger partial charge in [0.2, 0.25) is 0 Å². The molecule has 4 N–H and O–H groups in total. The van der Waals surface area contributed by atoms with E-state index in [1.165, 1.54) is 11.3 Å². The maximum Gasteiger partial charge on any atom is 0.263 e. The van der Waals surface area contributed by atoms with Crippen LogP contribution in [-0.4, -0.2) is 42.5 Å². The van der Waals surface area contributed by atoms with Crippen LogP contribution in [0.3, 0.4) is 0 Å². The SMILES string of the molecule is CCNC(=O)c1sc(NCCN(C(C)C)C(C)C)cc1N. The van der Waals surface area contributed by atoms with Crippen LogP contribution in [-0.2, 0) is 0 Å². The van der Waals surface area contributed by atoms with Gasteiger partial charge >= 0.3 is 0 Å². The van der Waals surface area contributed by atoms with Gasteiger partial charge in [-0.05, 0) is 40.7 Å². The van der Waals surface area contributed by atoms with E-state index in [1.807, 2.05) is 13.0 Å². The van der Waals surface area contributed by atoms with Gasteiger partial charge in [0.05, 0.1) is 10.7 Å². The molecule has 1 aromatic heterocycles. The molecule has 120 valence electrons. The van der Waals surface area contributed by atoms with Crippen molar-refractivity contribution in [2.24, 2.45) is 0 Å². The van der Waals surface area contributed by atoms with E-state index in [9.17, 15) is 4.79 Å². The fraction of sp³-hybridized carbons (Fsp3) is 0.667. The van der Waals surface area contributed by atoms with Crippen LogP contribution in [0.4, 0.5) is 10.7 Å². The number of nitrogens with zero attached hydrogens (tertiary/aromatic N) is 1. The average Bonchev–Trinajstić information content (AvgIpc) is 2.75. The Balaban J connectivity index is 2.57. The highest BCUT2D eigenvalue weighted by atomic mass is 32.1. The Morgan fingerprint density at radius 2 is 1.95 bits per heavy atom. The van der Waals surface area contributed by atoms with Gasteiger partial charge in [-0.2, -0.15) is 0 Å². The highest BCUT2D eigenvalue weighted by Gasteiger charge is 2.15. The highest BCUT2D eigenvalue weighted by Crippen LogP contribution is 2.28. The summed E-state index contributed by atoms with van der Waals surface area (Å²) in [6.07, 6.45) is 0. The predicted octanol–water partition coefficient (Wildman–Crippen LogP) is 2.61. The molecule has 1 amide bonds. The molecule has 1 rings (SSSR count). The summed E-state index contributed by atoms with van der Waals surface area (Å²) in [6.45, 7) is 13.1. The lowest BCUT2D eigenvalue weighted by Gasteiger charge is -2.30. The van der Waals surface area contributed by atoms with Gasteiger partial charge in [0.25, 0.3) is 5.91 Å². The molecule has 0 saturated carbocycles. The Hall–Kier alpha value is -1.27. The Kier molecular flexibility index (Phi) is 6.98. The molecule has 0 saturated heterocycles. The summed E-state index contributed by atoms with van der Waals surface area (Å²) in [7, 11) is 0. The fourth-order valence-electron chi connectivity index (χ4n) is 2.33. The van der Waals surface area contributed by atoms with Crippen molar-refractivity contribution in [2.75, 3.05) is 30.7 Å². The summed E-state index contributed by atoms with van der Waals surface area (Å²) < 4.78 is 0. The molecule has 0 aliphatic rings. The first kappa shape index (κ1) is 17.8. The number of carbonyl (C=O) groups excluding carboxylic acids is 1. The molecule has 0 bridgehead atoms. The number of nitrogens with two attached hydrogens (primary N) is 1. The minimum Gasteiger partial charge on any atom is -0.397 e. The highest BCUT2D eigenvalue weighted by molar-refractivity contribution is 7.18. The van der Waals surface area contributed by atoms with Crippen LogP contribution in [0.25, 0.3) is 0 Å². The first-order valence-electron chi connectivity index (χ1n) is 7.53. The molecule has 6 heteroatoms. The van der Waals surface area contributed by atoms with Crippen LogP contribution >= 0.6 is 11.3 Å². The summed E-state index contributed by atoms with van der Waals surface area (Å²) in [5.41, 5.74) is 6.44. The van der Waals surface area contributed by atoms with E-state index in [0.717, 1.165) is 18.1 Å². The van der Waals surface area contributed by atoms with Gasteiger partial charge < -0.3 is 16.4 Å². The van der Waals surface area contributed by atoms with Crippen LogP contribution in [0.5, 0.6) is 0 Å². The second kappa shape index (κ2) is 8.24. The first-order chi connectivity index (χ1) is 9.86. The van der Waals surface area contributed by atoms with E-state index in [1.54, 1.807) is 0 Å². The Morgan fingerprint density at radius 3 is 2.48 bits per heavy atom. The van der Waals surface area contributed by atoms with Crippen molar-refractivity contribution in [3.63, 3.8) is 0 Å². The van der Waals surface area contributed by atoms with Crippen molar-refractivity contribution in [1.82, 2.24) is 10.2 Å². The normalized spacial score (nSPS) is 11.4. The zero-order valence-electron chi connectivity index (χ0n) is 13.7. The molecule has 0 aromatic carbocycles. The van der Waals surface area contributed by atoms with Crippen molar-refractivity contribution < 1.29 is 4.79 Å². The van der Waals surface area contributed by atoms with Crippen molar-refractivity contribution in [3.05, 3.63) is 10.9 Å². The Labute approximate surface area is 131 Å². The summed E-state index contributed by atoms with van der Waals surface area (Å²) in [5.74, 6) is -0.0981. The minimum atomic E-state index is -0.0981. The average molecular weight is 312 g/mol. The third-order valence-electron chi connectivity index (χ3n) is 3.30. The van der Waals surface area contributed by atoms with Gasteiger partial charge in [-0.1, -0.05) is 0 Å². The van der Waals surface area contributed by atoms with E-state index in [-0.39, 0.29) is 5.91 Å². The number of hydrogen-bond acceptors (Lipinski definition) is 5. The number of amides is 1. The van der Waals surface area contributed by atoms with Crippen molar-refractivity contribution >= 4 is 27.9 Å². The predicted molar refractivity (Wildman–Crippen MR) is 92.2 cm³/mol. The summed E-state index contributed by atoms with van der Waals surface area (Å²) in [4.78, 5) is 14.8. The summed E-state index contributed by atoms with van der Waals surface area (Å²) in [5, 5.41) is 7.08. The third kappa shape index (κ3) is 5.21. The second-order valence-corrected chi connectivity index (χ2v) is 6.66. The molecule has 0 atom stereocenters. The van der Waals surface area contributed by atoms with Crippen molar-refractivity contribution in [2.45, 2.75) is 46.7 Å². The van der Waals surface area contributed by atoms with Crippen LogP contribution in [0.1, 0.15) is 44.3 Å². The summed E-state index contributed by atoms with van der Waals surface area (Å²) in [6, 6.07) is 2.88. The first-order valence-corrected chi connectivity index (χ1v) is 8.35. The monoisotopic (exact) mass is 312 g/mol. The van der Waals surface area contributed by atoms with Gasteiger partial charge in [-0.25, -0.2) is 0 Å². The molecule has 0 aliphatic carbocycles. The standard InChI is InChI=1S/C15H28N4OS/c1-6-17-15(20)14-12(16)9-13(21-14)18-7-8-19(10(2)3)11(4)5/h9-11,18H,6-8,16H2,1-5H3,(H,17,20). The van der Waals surface area contributed by atoms with Gasteiger partial charge in [0, 0.05) is 31.7 Å². The lowest BCUT2D eigenvalue weighted by molar-refractivity contribution is 0.0960. The molecule has 0 aliphatic heterocycles. The second-order valence-electron chi connectivity index (χ2n) is 5.61.